The Labute approximate surface area is 102 Å². The fourth-order valence-electron chi connectivity index (χ4n) is 1.55. The number of aromatic nitrogens is 1. The number of fused-ring (bicyclic) bond motifs is 1. The second-order valence-corrected chi connectivity index (χ2v) is 3.91. The fourth-order valence-corrected chi connectivity index (χ4v) is 1.79. The van der Waals surface area contributed by atoms with Crippen LogP contribution in [0.25, 0.3) is 10.9 Å². The summed E-state index contributed by atoms with van der Waals surface area (Å²) in [4.78, 5) is 10.5. The number of aryl methyl sites for hydroxylation is 1. The van der Waals surface area contributed by atoms with Crippen molar-refractivity contribution in [2.24, 2.45) is 0 Å². The maximum Gasteiger partial charge on any atom is 0.303 e. The Hall–Kier alpha value is -1.75. The van der Waals surface area contributed by atoms with E-state index in [4.69, 9.17) is 26.0 Å². The van der Waals surface area contributed by atoms with Crippen LogP contribution in [0.15, 0.2) is 16.7 Å². The van der Waals surface area contributed by atoms with Crippen molar-refractivity contribution in [3.05, 3.63) is 22.9 Å². The molecule has 0 saturated carbocycles. The van der Waals surface area contributed by atoms with E-state index in [-0.39, 0.29) is 12.8 Å². The first-order valence-corrected chi connectivity index (χ1v) is 5.33. The van der Waals surface area contributed by atoms with Crippen LogP contribution in [-0.4, -0.2) is 23.3 Å². The molecule has 0 saturated heterocycles. The molecular formula is C11H10ClNO4. The molecule has 5 nitrogen and oxygen atoms in total. The lowest BCUT2D eigenvalue weighted by molar-refractivity contribution is -0.137. The zero-order chi connectivity index (χ0) is 12.4. The molecule has 1 N–H and O–H groups in total. The molecule has 0 spiro atoms. The molecule has 0 radical (unpaired) electrons. The topological polar surface area (TPSA) is 72.6 Å². The van der Waals surface area contributed by atoms with Gasteiger partial charge in [0.05, 0.1) is 18.6 Å². The van der Waals surface area contributed by atoms with Gasteiger partial charge in [-0.1, -0.05) is 16.8 Å². The van der Waals surface area contributed by atoms with Gasteiger partial charge in [0.1, 0.15) is 17.0 Å². The van der Waals surface area contributed by atoms with Crippen LogP contribution in [0.4, 0.5) is 0 Å². The number of hydrogen-bond donors (Lipinski definition) is 1. The molecular weight excluding hydrogens is 246 g/mol. The average molecular weight is 256 g/mol. The summed E-state index contributed by atoms with van der Waals surface area (Å²) in [6, 6.07) is 3.33. The van der Waals surface area contributed by atoms with Gasteiger partial charge in [0.2, 0.25) is 0 Å². The number of methoxy groups -OCH3 is 1. The molecule has 6 heteroatoms. The Morgan fingerprint density at radius 3 is 3.00 bits per heavy atom. The molecule has 90 valence electrons. The Bertz CT molecular complexity index is 564. The molecule has 17 heavy (non-hydrogen) atoms. The Morgan fingerprint density at radius 1 is 1.59 bits per heavy atom. The zero-order valence-electron chi connectivity index (χ0n) is 9.07. The van der Waals surface area contributed by atoms with Crippen LogP contribution in [0.5, 0.6) is 5.75 Å². The van der Waals surface area contributed by atoms with E-state index in [1.807, 2.05) is 0 Å². The molecule has 0 aliphatic heterocycles. The lowest BCUT2D eigenvalue weighted by atomic mass is 10.1. The normalized spacial score (nSPS) is 10.7. The molecule has 1 aromatic carbocycles. The van der Waals surface area contributed by atoms with Crippen LogP contribution in [-0.2, 0) is 11.2 Å². The first kappa shape index (κ1) is 11.7. The maximum atomic E-state index is 10.5. The summed E-state index contributed by atoms with van der Waals surface area (Å²) in [6.45, 7) is 0. The summed E-state index contributed by atoms with van der Waals surface area (Å²) < 4.78 is 10.1. The number of carboxylic acids is 1. The van der Waals surface area contributed by atoms with E-state index >= 15 is 0 Å². The molecule has 0 aliphatic carbocycles. The molecule has 1 aromatic heterocycles. The van der Waals surface area contributed by atoms with Crippen LogP contribution < -0.4 is 4.74 Å². The predicted octanol–water partition coefficient (Wildman–Crippen LogP) is 2.51. The van der Waals surface area contributed by atoms with Gasteiger partial charge >= 0.3 is 5.97 Å². The van der Waals surface area contributed by atoms with Crippen molar-refractivity contribution in [2.75, 3.05) is 7.11 Å². The third kappa shape index (κ3) is 2.34. The Morgan fingerprint density at radius 2 is 2.35 bits per heavy atom. The number of rotatable bonds is 4. The smallest absolute Gasteiger partial charge is 0.303 e. The number of carbonyl (C=O) groups is 1. The van der Waals surface area contributed by atoms with Crippen molar-refractivity contribution in [2.45, 2.75) is 12.8 Å². The highest BCUT2D eigenvalue weighted by Gasteiger charge is 2.13. The summed E-state index contributed by atoms with van der Waals surface area (Å²) in [5.41, 5.74) is 0.603. The highest BCUT2D eigenvalue weighted by Crippen LogP contribution is 2.31. The maximum absolute atomic E-state index is 10.5. The summed E-state index contributed by atoms with van der Waals surface area (Å²) in [5.74, 6) is 0.151. The van der Waals surface area contributed by atoms with Crippen LogP contribution in [0, 0.1) is 0 Å². The molecule has 0 aliphatic rings. The predicted molar refractivity (Wildman–Crippen MR) is 61.5 cm³/mol. The van der Waals surface area contributed by atoms with Crippen molar-refractivity contribution < 1.29 is 19.2 Å². The molecule has 2 aromatic rings. The largest absolute Gasteiger partial charge is 0.495 e. The van der Waals surface area contributed by atoms with Gasteiger partial charge in [0.25, 0.3) is 0 Å². The standard InChI is InChI=1S/C11H10ClNO4/c1-16-10-5-8-6(4-7(10)12)9(17-13-8)2-3-11(14)15/h4-5H,2-3H2,1H3,(H,14,15). The van der Waals surface area contributed by atoms with E-state index in [1.165, 1.54) is 7.11 Å². The average Bonchev–Trinajstić information content (AvgIpc) is 2.67. The monoisotopic (exact) mass is 255 g/mol. The van der Waals surface area contributed by atoms with Crippen molar-refractivity contribution in [3.63, 3.8) is 0 Å². The molecule has 0 amide bonds. The summed E-state index contributed by atoms with van der Waals surface area (Å²) in [5, 5.41) is 13.6. The molecule has 0 fully saturated rings. The number of halogens is 1. The quantitative estimate of drug-likeness (QED) is 0.909. The van der Waals surface area contributed by atoms with Gasteiger partial charge in [-0.15, -0.1) is 0 Å². The van der Waals surface area contributed by atoms with Crippen molar-refractivity contribution >= 4 is 28.5 Å². The second-order valence-electron chi connectivity index (χ2n) is 3.50. The van der Waals surface area contributed by atoms with Gasteiger partial charge in [0.15, 0.2) is 0 Å². The minimum absolute atomic E-state index is 0.00601. The van der Waals surface area contributed by atoms with E-state index in [2.05, 4.69) is 5.16 Å². The van der Waals surface area contributed by atoms with Crippen LogP contribution in [0.3, 0.4) is 0 Å². The minimum atomic E-state index is -0.880. The number of carboxylic acid groups (broad SMARTS) is 1. The van der Waals surface area contributed by atoms with Crippen LogP contribution in [0.1, 0.15) is 12.2 Å². The molecule has 1 heterocycles. The second kappa shape index (κ2) is 4.63. The molecule has 0 atom stereocenters. The van der Waals surface area contributed by atoms with Crippen molar-refractivity contribution in [3.8, 4) is 5.75 Å². The van der Waals surface area contributed by atoms with E-state index in [1.54, 1.807) is 12.1 Å². The van der Waals surface area contributed by atoms with Crippen molar-refractivity contribution in [1.82, 2.24) is 5.16 Å². The zero-order valence-corrected chi connectivity index (χ0v) is 9.82. The van der Waals surface area contributed by atoms with Crippen molar-refractivity contribution in [1.29, 1.82) is 0 Å². The van der Waals surface area contributed by atoms with E-state index < -0.39 is 5.97 Å². The summed E-state index contributed by atoms with van der Waals surface area (Å²) in [6.07, 6.45) is 0.280. The molecule has 0 bridgehead atoms. The Balaban J connectivity index is 2.39. The van der Waals surface area contributed by atoms with Gasteiger partial charge < -0.3 is 14.4 Å². The lowest BCUT2D eigenvalue weighted by Gasteiger charge is -2.01. The lowest BCUT2D eigenvalue weighted by Crippen LogP contribution is -1.96. The third-order valence-corrected chi connectivity index (χ3v) is 2.69. The SMILES string of the molecule is COc1cc2noc(CCC(=O)O)c2cc1Cl. The summed E-state index contributed by atoms with van der Waals surface area (Å²) in [7, 11) is 1.51. The first-order valence-electron chi connectivity index (χ1n) is 4.95. The first-order chi connectivity index (χ1) is 8.11. The van der Waals surface area contributed by atoms with Gasteiger partial charge in [0, 0.05) is 17.9 Å². The highest BCUT2D eigenvalue weighted by atomic mass is 35.5. The molecule has 0 unspecified atom stereocenters. The number of benzene rings is 1. The number of nitrogens with zero attached hydrogens (tertiary/aromatic N) is 1. The Kier molecular flexibility index (Phi) is 3.19. The third-order valence-electron chi connectivity index (χ3n) is 2.39. The molecule has 2 rings (SSSR count). The van der Waals surface area contributed by atoms with E-state index in [0.717, 1.165) is 5.39 Å². The highest BCUT2D eigenvalue weighted by molar-refractivity contribution is 6.32. The van der Waals surface area contributed by atoms with Crippen LogP contribution in [0.2, 0.25) is 5.02 Å². The van der Waals surface area contributed by atoms with Gasteiger partial charge in [-0.2, -0.15) is 0 Å². The van der Waals surface area contributed by atoms with Gasteiger partial charge in [-0.25, -0.2) is 0 Å². The minimum Gasteiger partial charge on any atom is -0.495 e. The number of ether oxygens (including phenoxy) is 1. The van der Waals surface area contributed by atoms with E-state index in [9.17, 15) is 4.79 Å². The van der Waals surface area contributed by atoms with E-state index in [0.29, 0.717) is 22.0 Å². The van der Waals surface area contributed by atoms with Crippen LogP contribution >= 0.6 is 11.6 Å². The number of aliphatic carboxylic acids is 1. The number of hydrogen-bond acceptors (Lipinski definition) is 4. The summed E-state index contributed by atoms with van der Waals surface area (Å²) >= 11 is 5.98. The fraction of sp³-hybridized carbons (Fsp3) is 0.273. The van der Waals surface area contributed by atoms with Gasteiger partial charge in [-0.05, 0) is 6.07 Å². The van der Waals surface area contributed by atoms with Gasteiger partial charge in [-0.3, -0.25) is 4.79 Å².